The van der Waals surface area contributed by atoms with Gasteiger partial charge in [-0.2, -0.15) is 0 Å². The predicted octanol–water partition coefficient (Wildman–Crippen LogP) is 1.08. The molecule has 4 nitrogen and oxygen atoms in total. The molecule has 0 spiro atoms. The molecule has 0 atom stereocenters. The van der Waals surface area contributed by atoms with Crippen LogP contribution in [0.4, 0.5) is 5.69 Å². The van der Waals surface area contributed by atoms with Gasteiger partial charge in [-0.3, -0.25) is 4.79 Å². The van der Waals surface area contributed by atoms with Gasteiger partial charge in [0.25, 0.3) is 5.91 Å². The number of benzene rings is 1. The summed E-state index contributed by atoms with van der Waals surface area (Å²) in [7, 11) is 1.85. The van der Waals surface area contributed by atoms with Crippen LogP contribution in [0.1, 0.15) is 15.9 Å². The summed E-state index contributed by atoms with van der Waals surface area (Å²) in [5, 5.41) is 6.34. The second-order valence-corrected chi connectivity index (χ2v) is 4.34. The Balaban J connectivity index is 2.23. The molecule has 1 aromatic carbocycles. The smallest absolute Gasteiger partial charge is 0.256 e. The van der Waals surface area contributed by atoms with Crippen LogP contribution in [0, 0.1) is 6.92 Å². The van der Waals surface area contributed by atoms with E-state index >= 15 is 0 Å². The Kier molecular flexibility index (Phi) is 3.64. The SMILES string of the molecule is CNc1cc(C)ccc1C(=O)N1CCNCC1. The summed E-state index contributed by atoms with van der Waals surface area (Å²) in [6.45, 7) is 5.37. The van der Waals surface area contributed by atoms with E-state index in [9.17, 15) is 4.79 Å². The van der Waals surface area contributed by atoms with Crippen molar-refractivity contribution in [2.45, 2.75) is 6.92 Å². The van der Waals surface area contributed by atoms with Crippen LogP contribution in [0.25, 0.3) is 0 Å². The molecular weight excluding hydrogens is 214 g/mol. The highest BCUT2D eigenvalue weighted by Crippen LogP contribution is 2.19. The van der Waals surface area contributed by atoms with E-state index in [1.165, 1.54) is 0 Å². The number of hydrogen-bond donors (Lipinski definition) is 2. The molecule has 1 aliphatic rings. The van der Waals surface area contributed by atoms with Gasteiger partial charge in [-0.25, -0.2) is 0 Å². The highest BCUT2D eigenvalue weighted by Gasteiger charge is 2.20. The Bertz CT molecular complexity index is 411. The fraction of sp³-hybridized carbons (Fsp3) is 0.462. The van der Waals surface area contributed by atoms with Gasteiger partial charge in [0, 0.05) is 38.9 Å². The third kappa shape index (κ3) is 2.58. The number of nitrogens with zero attached hydrogens (tertiary/aromatic N) is 1. The van der Waals surface area contributed by atoms with Crippen molar-refractivity contribution in [2.75, 3.05) is 38.5 Å². The molecule has 0 bridgehead atoms. The highest BCUT2D eigenvalue weighted by molar-refractivity contribution is 5.99. The average molecular weight is 233 g/mol. The van der Waals surface area contributed by atoms with Gasteiger partial charge in [-0.05, 0) is 24.6 Å². The molecule has 0 aliphatic carbocycles. The summed E-state index contributed by atoms with van der Waals surface area (Å²) in [6, 6.07) is 5.90. The molecule has 1 heterocycles. The van der Waals surface area contributed by atoms with Crippen LogP contribution >= 0.6 is 0 Å². The minimum Gasteiger partial charge on any atom is -0.387 e. The predicted molar refractivity (Wildman–Crippen MR) is 69.5 cm³/mol. The van der Waals surface area contributed by atoms with Crippen molar-refractivity contribution in [3.63, 3.8) is 0 Å². The summed E-state index contributed by atoms with van der Waals surface area (Å²) in [6.07, 6.45) is 0. The molecule has 0 radical (unpaired) electrons. The number of nitrogens with one attached hydrogen (secondary N) is 2. The van der Waals surface area contributed by atoms with Crippen LogP contribution in [0.2, 0.25) is 0 Å². The number of carbonyl (C=O) groups is 1. The van der Waals surface area contributed by atoms with Crippen molar-refractivity contribution in [3.8, 4) is 0 Å². The minimum absolute atomic E-state index is 0.121. The average Bonchev–Trinajstić information content (AvgIpc) is 2.39. The lowest BCUT2D eigenvalue weighted by Crippen LogP contribution is -2.46. The molecule has 2 rings (SSSR count). The van der Waals surface area contributed by atoms with Crippen LogP contribution < -0.4 is 10.6 Å². The molecule has 1 aromatic rings. The van der Waals surface area contributed by atoms with Gasteiger partial charge >= 0.3 is 0 Å². The number of piperazine rings is 1. The Hall–Kier alpha value is -1.55. The first-order chi connectivity index (χ1) is 8.22. The van der Waals surface area contributed by atoms with Gasteiger partial charge in [0.05, 0.1) is 5.56 Å². The standard InChI is InChI=1S/C13H19N3O/c1-10-3-4-11(12(9-10)14-2)13(17)16-7-5-15-6-8-16/h3-4,9,14-15H,5-8H2,1-2H3. The quantitative estimate of drug-likeness (QED) is 0.803. The van der Waals surface area contributed by atoms with Gasteiger partial charge in [0.2, 0.25) is 0 Å². The van der Waals surface area contributed by atoms with Crippen molar-refractivity contribution in [1.29, 1.82) is 0 Å². The zero-order valence-corrected chi connectivity index (χ0v) is 10.4. The molecule has 0 aromatic heterocycles. The number of aryl methyl sites for hydroxylation is 1. The maximum absolute atomic E-state index is 12.3. The number of hydrogen-bond acceptors (Lipinski definition) is 3. The van der Waals surface area contributed by atoms with Gasteiger partial charge in [-0.15, -0.1) is 0 Å². The van der Waals surface area contributed by atoms with E-state index in [4.69, 9.17) is 0 Å². The molecule has 17 heavy (non-hydrogen) atoms. The van der Waals surface area contributed by atoms with Gasteiger partial charge < -0.3 is 15.5 Å². The van der Waals surface area contributed by atoms with E-state index in [1.54, 1.807) is 0 Å². The van der Waals surface area contributed by atoms with Crippen molar-refractivity contribution >= 4 is 11.6 Å². The Morgan fingerprint density at radius 3 is 2.71 bits per heavy atom. The van der Waals surface area contributed by atoms with Gasteiger partial charge in [0.15, 0.2) is 0 Å². The third-order valence-electron chi connectivity index (χ3n) is 3.08. The van der Waals surface area contributed by atoms with E-state index in [0.717, 1.165) is 43.0 Å². The summed E-state index contributed by atoms with van der Waals surface area (Å²) in [5.41, 5.74) is 2.83. The zero-order chi connectivity index (χ0) is 12.3. The summed E-state index contributed by atoms with van der Waals surface area (Å²) in [4.78, 5) is 14.3. The summed E-state index contributed by atoms with van der Waals surface area (Å²) < 4.78 is 0. The largest absolute Gasteiger partial charge is 0.387 e. The maximum atomic E-state index is 12.3. The first kappa shape index (κ1) is 11.9. The number of rotatable bonds is 2. The highest BCUT2D eigenvalue weighted by atomic mass is 16.2. The van der Waals surface area contributed by atoms with Crippen LogP contribution in [-0.2, 0) is 0 Å². The molecule has 1 aliphatic heterocycles. The Morgan fingerprint density at radius 2 is 2.06 bits per heavy atom. The molecular formula is C13H19N3O. The van der Waals surface area contributed by atoms with Gasteiger partial charge in [-0.1, -0.05) is 6.07 Å². The topological polar surface area (TPSA) is 44.4 Å². The van der Waals surface area contributed by atoms with E-state index in [-0.39, 0.29) is 5.91 Å². The molecule has 1 saturated heterocycles. The van der Waals surface area contributed by atoms with E-state index in [0.29, 0.717) is 0 Å². The van der Waals surface area contributed by atoms with E-state index < -0.39 is 0 Å². The fourth-order valence-electron chi connectivity index (χ4n) is 2.09. The second-order valence-electron chi connectivity index (χ2n) is 4.34. The lowest BCUT2D eigenvalue weighted by Gasteiger charge is -2.28. The first-order valence-electron chi connectivity index (χ1n) is 6.01. The van der Waals surface area contributed by atoms with Crippen molar-refractivity contribution < 1.29 is 4.79 Å². The lowest BCUT2D eigenvalue weighted by atomic mass is 10.1. The molecule has 4 heteroatoms. The Labute approximate surface area is 102 Å². The van der Waals surface area contributed by atoms with Crippen LogP contribution in [0.3, 0.4) is 0 Å². The lowest BCUT2D eigenvalue weighted by molar-refractivity contribution is 0.0737. The third-order valence-corrected chi connectivity index (χ3v) is 3.08. The minimum atomic E-state index is 0.121. The second kappa shape index (κ2) is 5.19. The Morgan fingerprint density at radius 1 is 1.35 bits per heavy atom. The van der Waals surface area contributed by atoms with Crippen LogP contribution in [0.5, 0.6) is 0 Å². The number of amides is 1. The van der Waals surface area contributed by atoms with Crippen molar-refractivity contribution in [3.05, 3.63) is 29.3 Å². The molecule has 1 amide bonds. The van der Waals surface area contributed by atoms with Crippen LogP contribution in [-0.4, -0.2) is 44.0 Å². The van der Waals surface area contributed by atoms with Gasteiger partial charge in [0.1, 0.15) is 0 Å². The molecule has 92 valence electrons. The number of carbonyl (C=O) groups excluding carboxylic acids is 1. The van der Waals surface area contributed by atoms with Crippen molar-refractivity contribution in [1.82, 2.24) is 10.2 Å². The van der Waals surface area contributed by atoms with E-state index in [1.807, 2.05) is 37.1 Å². The summed E-state index contributed by atoms with van der Waals surface area (Å²) >= 11 is 0. The molecule has 0 saturated carbocycles. The maximum Gasteiger partial charge on any atom is 0.256 e. The van der Waals surface area contributed by atoms with Crippen LogP contribution in [0.15, 0.2) is 18.2 Å². The zero-order valence-electron chi connectivity index (χ0n) is 10.4. The first-order valence-corrected chi connectivity index (χ1v) is 6.01. The van der Waals surface area contributed by atoms with E-state index in [2.05, 4.69) is 10.6 Å². The molecule has 2 N–H and O–H groups in total. The number of anilines is 1. The molecule has 1 fully saturated rings. The fourth-order valence-corrected chi connectivity index (χ4v) is 2.09. The monoisotopic (exact) mass is 233 g/mol. The summed E-state index contributed by atoms with van der Waals surface area (Å²) in [5.74, 6) is 0.121. The molecule has 0 unspecified atom stereocenters. The van der Waals surface area contributed by atoms with Crippen molar-refractivity contribution in [2.24, 2.45) is 0 Å². The normalized spacial score (nSPS) is 15.8.